The number of piperidine rings is 1. The van der Waals surface area contributed by atoms with Crippen molar-refractivity contribution in [3.63, 3.8) is 0 Å². The molecule has 2 aliphatic heterocycles. The Morgan fingerprint density at radius 3 is 2.81 bits per heavy atom. The van der Waals surface area contributed by atoms with Crippen LogP contribution in [0, 0.1) is 25.2 Å². The van der Waals surface area contributed by atoms with E-state index in [0.717, 1.165) is 37.3 Å². The number of anilines is 1. The molecule has 6 nitrogen and oxygen atoms in total. The molecule has 3 heterocycles. The highest BCUT2D eigenvalue weighted by molar-refractivity contribution is 5.92. The molecule has 1 aromatic heterocycles. The number of hydrogen-bond donors (Lipinski definition) is 2. The molecule has 0 saturated carbocycles. The van der Waals surface area contributed by atoms with Gasteiger partial charge in [-0.05, 0) is 58.4 Å². The number of amides is 1. The molecule has 0 aliphatic carbocycles. The first-order valence-corrected chi connectivity index (χ1v) is 9.87. The van der Waals surface area contributed by atoms with E-state index in [1.807, 2.05) is 13.8 Å². The highest BCUT2D eigenvalue weighted by Crippen LogP contribution is 2.28. The van der Waals surface area contributed by atoms with Crippen LogP contribution in [0.5, 0.6) is 0 Å². The number of ether oxygens (including phenoxy) is 1. The van der Waals surface area contributed by atoms with Crippen LogP contribution < -0.4 is 10.2 Å². The van der Waals surface area contributed by atoms with Crippen LogP contribution >= 0.6 is 0 Å². The van der Waals surface area contributed by atoms with Crippen LogP contribution in [0.4, 0.5) is 5.82 Å². The summed E-state index contributed by atoms with van der Waals surface area (Å²) >= 11 is 0. The molecule has 0 aromatic carbocycles. The van der Waals surface area contributed by atoms with Crippen molar-refractivity contribution in [3.8, 4) is 6.07 Å². The second-order valence-electron chi connectivity index (χ2n) is 7.82. The number of nitrogens with zero attached hydrogens (tertiary/aromatic N) is 2. The van der Waals surface area contributed by atoms with Crippen LogP contribution in [0.1, 0.15) is 55.8 Å². The van der Waals surface area contributed by atoms with Crippen LogP contribution in [-0.4, -0.2) is 42.3 Å². The van der Waals surface area contributed by atoms with Gasteiger partial charge in [-0.2, -0.15) is 5.26 Å². The van der Waals surface area contributed by atoms with Gasteiger partial charge in [-0.3, -0.25) is 4.79 Å². The van der Waals surface area contributed by atoms with Gasteiger partial charge < -0.3 is 19.5 Å². The maximum absolute atomic E-state index is 12.7. The first-order valence-electron chi connectivity index (χ1n) is 9.87. The zero-order valence-corrected chi connectivity index (χ0v) is 16.2. The SMILES string of the molecule is Cc1c(C#N)c(NC(=O)C[NH+]2CCCC[C@@H]2C)n(C[C@@H]2CCCO2)c1C. The number of nitrogens with one attached hydrogen (secondary N) is 2. The number of carbonyl (C=O) groups excluding carboxylic acids is 1. The number of nitriles is 1. The molecular weight excluding hydrogens is 328 g/mol. The van der Waals surface area contributed by atoms with Crippen molar-refractivity contribution in [1.29, 1.82) is 5.26 Å². The van der Waals surface area contributed by atoms with Gasteiger partial charge >= 0.3 is 0 Å². The summed E-state index contributed by atoms with van der Waals surface area (Å²) in [4.78, 5) is 14.1. The van der Waals surface area contributed by atoms with Gasteiger partial charge in [0.15, 0.2) is 6.54 Å². The first kappa shape index (κ1) is 18.9. The summed E-state index contributed by atoms with van der Waals surface area (Å²) in [6.45, 7) is 9.19. The van der Waals surface area contributed by atoms with E-state index in [0.29, 0.717) is 30.5 Å². The fraction of sp³-hybridized carbons (Fsp3) is 0.700. The molecular formula is C20H31N4O2+. The lowest BCUT2D eigenvalue weighted by molar-refractivity contribution is -0.920. The van der Waals surface area contributed by atoms with E-state index in [1.165, 1.54) is 24.2 Å². The Hall–Kier alpha value is -1.84. The Kier molecular flexibility index (Phi) is 6.00. The highest BCUT2D eigenvalue weighted by atomic mass is 16.5. The Morgan fingerprint density at radius 2 is 2.15 bits per heavy atom. The Morgan fingerprint density at radius 1 is 1.35 bits per heavy atom. The molecule has 2 N–H and O–H groups in total. The average Bonchev–Trinajstić information content (AvgIpc) is 3.20. The van der Waals surface area contributed by atoms with E-state index in [-0.39, 0.29) is 12.0 Å². The molecule has 26 heavy (non-hydrogen) atoms. The molecule has 2 saturated heterocycles. The molecule has 142 valence electrons. The molecule has 2 fully saturated rings. The van der Waals surface area contributed by atoms with Gasteiger partial charge in [-0.15, -0.1) is 0 Å². The number of hydrogen-bond acceptors (Lipinski definition) is 3. The van der Waals surface area contributed by atoms with E-state index in [2.05, 4.69) is 22.9 Å². The molecule has 6 heteroatoms. The number of quaternary nitrogens is 1. The fourth-order valence-electron chi connectivity index (χ4n) is 4.25. The fourth-order valence-corrected chi connectivity index (χ4v) is 4.25. The zero-order chi connectivity index (χ0) is 18.7. The molecule has 2 aliphatic rings. The summed E-state index contributed by atoms with van der Waals surface area (Å²) in [5, 5.41) is 12.7. The van der Waals surface area contributed by atoms with Crippen LogP contribution in [0.2, 0.25) is 0 Å². The summed E-state index contributed by atoms with van der Waals surface area (Å²) in [7, 11) is 0. The van der Waals surface area contributed by atoms with E-state index in [4.69, 9.17) is 4.74 Å². The minimum atomic E-state index is -0.00339. The van der Waals surface area contributed by atoms with Crippen molar-refractivity contribution in [2.24, 2.45) is 0 Å². The predicted molar refractivity (Wildman–Crippen MR) is 100 cm³/mol. The van der Waals surface area contributed by atoms with Gasteiger partial charge in [0.25, 0.3) is 5.91 Å². The van der Waals surface area contributed by atoms with Crippen molar-refractivity contribution in [2.75, 3.05) is 25.0 Å². The van der Waals surface area contributed by atoms with Crippen molar-refractivity contribution in [2.45, 2.75) is 71.6 Å². The lowest BCUT2D eigenvalue weighted by Gasteiger charge is -2.29. The number of aromatic nitrogens is 1. The van der Waals surface area contributed by atoms with Gasteiger partial charge in [0, 0.05) is 12.3 Å². The van der Waals surface area contributed by atoms with Gasteiger partial charge in [0.2, 0.25) is 0 Å². The average molecular weight is 359 g/mol. The van der Waals surface area contributed by atoms with E-state index < -0.39 is 0 Å². The zero-order valence-electron chi connectivity index (χ0n) is 16.2. The van der Waals surface area contributed by atoms with Crippen LogP contribution in [0.15, 0.2) is 0 Å². The molecule has 3 rings (SSSR count). The van der Waals surface area contributed by atoms with E-state index in [1.54, 1.807) is 0 Å². The van der Waals surface area contributed by atoms with Gasteiger partial charge in [0.1, 0.15) is 11.9 Å². The maximum atomic E-state index is 12.7. The molecule has 0 bridgehead atoms. The standard InChI is InChI=1S/C20H30N4O2/c1-14-7-4-5-9-23(14)13-19(25)22-20-18(11-21)15(2)16(3)24(20)12-17-8-6-10-26-17/h14,17H,4-10,12-13H2,1-3H3,(H,22,25)/p+1/t14-,17-/m0/s1. The van der Waals surface area contributed by atoms with Gasteiger partial charge in [0.05, 0.1) is 30.8 Å². The van der Waals surface area contributed by atoms with E-state index >= 15 is 0 Å². The van der Waals surface area contributed by atoms with Crippen molar-refractivity contribution < 1.29 is 14.4 Å². The van der Waals surface area contributed by atoms with Crippen molar-refractivity contribution in [1.82, 2.24) is 4.57 Å². The van der Waals surface area contributed by atoms with Crippen LogP contribution in [0.25, 0.3) is 0 Å². The predicted octanol–water partition coefficient (Wildman–Crippen LogP) is 1.55. The Balaban J connectivity index is 1.77. The van der Waals surface area contributed by atoms with Crippen LogP contribution in [-0.2, 0) is 16.1 Å². The topological polar surface area (TPSA) is 71.5 Å². The van der Waals surface area contributed by atoms with Gasteiger partial charge in [-0.25, -0.2) is 0 Å². The Labute approximate surface area is 156 Å². The number of likely N-dealkylation sites (tertiary alicyclic amines) is 1. The third-order valence-electron chi connectivity index (χ3n) is 6.08. The van der Waals surface area contributed by atoms with E-state index in [9.17, 15) is 10.1 Å². The molecule has 1 aromatic rings. The van der Waals surface area contributed by atoms with Crippen LogP contribution in [0.3, 0.4) is 0 Å². The third-order valence-corrected chi connectivity index (χ3v) is 6.08. The second-order valence-corrected chi connectivity index (χ2v) is 7.82. The molecule has 1 amide bonds. The highest BCUT2D eigenvalue weighted by Gasteiger charge is 2.27. The molecule has 3 atom stereocenters. The summed E-state index contributed by atoms with van der Waals surface area (Å²) < 4.78 is 7.84. The lowest BCUT2D eigenvalue weighted by atomic mass is 10.0. The molecule has 1 unspecified atom stereocenters. The van der Waals surface area contributed by atoms with Crippen molar-refractivity contribution in [3.05, 3.63) is 16.8 Å². The number of carbonyl (C=O) groups is 1. The van der Waals surface area contributed by atoms with Crippen molar-refractivity contribution >= 4 is 11.7 Å². The molecule has 0 radical (unpaired) electrons. The smallest absolute Gasteiger partial charge is 0.280 e. The first-order chi connectivity index (χ1) is 12.5. The monoisotopic (exact) mass is 359 g/mol. The number of rotatable bonds is 5. The Bertz CT molecular complexity index is 698. The van der Waals surface area contributed by atoms with Gasteiger partial charge in [-0.1, -0.05) is 0 Å². The molecule has 0 spiro atoms. The largest absolute Gasteiger partial charge is 0.376 e. The normalized spacial score (nSPS) is 25.8. The minimum Gasteiger partial charge on any atom is -0.376 e. The third kappa shape index (κ3) is 3.94. The quantitative estimate of drug-likeness (QED) is 0.838. The summed E-state index contributed by atoms with van der Waals surface area (Å²) in [5.41, 5.74) is 2.56. The lowest BCUT2D eigenvalue weighted by Crippen LogP contribution is -3.17. The second kappa shape index (κ2) is 8.24. The summed E-state index contributed by atoms with van der Waals surface area (Å²) in [6, 6.07) is 2.81. The summed E-state index contributed by atoms with van der Waals surface area (Å²) in [5.74, 6) is 0.642. The maximum Gasteiger partial charge on any atom is 0.280 e. The summed E-state index contributed by atoms with van der Waals surface area (Å²) in [6.07, 6.45) is 5.89. The minimum absolute atomic E-state index is 0.00339.